The molecule has 5 nitrogen and oxygen atoms in total. The summed E-state index contributed by atoms with van der Waals surface area (Å²) in [5.41, 5.74) is 2.37. The van der Waals surface area contributed by atoms with E-state index in [4.69, 9.17) is 9.15 Å². The number of furan rings is 1. The van der Waals surface area contributed by atoms with Crippen LogP contribution in [0.2, 0.25) is 0 Å². The number of benzene rings is 1. The van der Waals surface area contributed by atoms with Crippen LogP contribution in [-0.4, -0.2) is 12.8 Å². The SMILES string of the molecule is Cc1ccc(OCNC(=O)NCc2ccco2)cc1C. The van der Waals surface area contributed by atoms with Crippen LogP contribution >= 0.6 is 0 Å². The van der Waals surface area contributed by atoms with Gasteiger partial charge >= 0.3 is 6.03 Å². The number of carbonyl (C=O) groups excluding carboxylic acids is 1. The number of rotatable bonds is 5. The van der Waals surface area contributed by atoms with E-state index >= 15 is 0 Å². The molecule has 106 valence electrons. The van der Waals surface area contributed by atoms with Crippen molar-refractivity contribution in [3.8, 4) is 5.75 Å². The predicted octanol–water partition coefficient (Wildman–Crippen LogP) is 2.73. The van der Waals surface area contributed by atoms with Crippen molar-refractivity contribution in [3.63, 3.8) is 0 Å². The number of amides is 2. The number of ether oxygens (including phenoxy) is 1. The molecular formula is C15H18N2O3. The Labute approximate surface area is 117 Å². The number of carbonyl (C=O) groups is 1. The number of hydrogen-bond acceptors (Lipinski definition) is 3. The lowest BCUT2D eigenvalue weighted by atomic mass is 10.1. The molecule has 20 heavy (non-hydrogen) atoms. The van der Waals surface area contributed by atoms with Gasteiger partial charge < -0.3 is 19.8 Å². The van der Waals surface area contributed by atoms with Gasteiger partial charge in [0.25, 0.3) is 0 Å². The monoisotopic (exact) mass is 274 g/mol. The van der Waals surface area contributed by atoms with E-state index in [0.29, 0.717) is 12.3 Å². The molecule has 0 fully saturated rings. The van der Waals surface area contributed by atoms with Crippen LogP contribution in [0.4, 0.5) is 4.79 Å². The highest BCUT2D eigenvalue weighted by atomic mass is 16.5. The third-order valence-corrected chi connectivity index (χ3v) is 2.95. The fourth-order valence-electron chi connectivity index (χ4n) is 1.63. The van der Waals surface area contributed by atoms with Gasteiger partial charge in [-0.1, -0.05) is 6.07 Å². The van der Waals surface area contributed by atoms with Crippen LogP contribution in [0.1, 0.15) is 16.9 Å². The number of nitrogens with one attached hydrogen (secondary N) is 2. The lowest BCUT2D eigenvalue weighted by Crippen LogP contribution is -2.37. The molecule has 2 N–H and O–H groups in total. The van der Waals surface area contributed by atoms with Crippen LogP contribution in [0, 0.1) is 13.8 Å². The van der Waals surface area contributed by atoms with Crippen LogP contribution in [-0.2, 0) is 6.54 Å². The van der Waals surface area contributed by atoms with E-state index in [9.17, 15) is 4.79 Å². The summed E-state index contributed by atoms with van der Waals surface area (Å²) in [6.45, 7) is 4.53. The highest BCUT2D eigenvalue weighted by molar-refractivity contribution is 5.73. The van der Waals surface area contributed by atoms with Crippen LogP contribution < -0.4 is 15.4 Å². The van der Waals surface area contributed by atoms with Gasteiger partial charge in [0, 0.05) is 0 Å². The predicted molar refractivity (Wildman–Crippen MR) is 75.5 cm³/mol. The van der Waals surface area contributed by atoms with Crippen LogP contribution in [0.3, 0.4) is 0 Å². The normalized spacial score (nSPS) is 10.1. The third-order valence-electron chi connectivity index (χ3n) is 2.95. The molecule has 0 aliphatic rings. The van der Waals surface area contributed by atoms with Crippen LogP contribution in [0.5, 0.6) is 5.75 Å². The van der Waals surface area contributed by atoms with Crippen molar-refractivity contribution in [2.75, 3.05) is 6.73 Å². The smallest absolute Gasteiger partial charge is 0.317 e. The molecule has 0 aliphatic carbocycles. The van der Waals surface area contributed by atoms with E-state index in [0.717, 1.165) is 11.3 Å². The fourth-order valence-corrected chi connectivity index (χ4v) is 1.63. The van der Waals surface area contributed by atoms with Gasteiger partial charge in [-0.25, -0.2) is 4.79 Å². The van der Waals surface area contributed by atoms with Crippen molar-refractivity contribution in [1.82, 2.24) is 10.6 Å². The highest BCUT2D eigenvalue weighted by Crippen LogP contribution is 2.15. The first-order chi connectivity index (χ1) is 9.65. The Balaban J connectivity index is 1.69. The second-order valence-corrected chi connectivity index (χ2v) is 4.47. The molecular weight excluding hydrogens is 256 g/mol. The molecule has 0 bridgehead atoms. The first-order valence-electron chi connectivity index (χ1n) is 6.39. The molecule has 0 spiro atoms. The van der Waals surface area contributed by atoms with E-state index < -0.39 is 0 Å². The number of hydrogen-bond donors (Lipinski definition) is 2. The minimum Gasteiger partial charge on any atom is -0.473 e. The van der Waals surface area contributed by atoms with E-state index in [1.54, 1.807) is 18.4 Å². The van der Waals surface area contributed by atoms with Crippen molar-refractivity contribution in [3.05, 3.63) is 53.5 Å². The maximum absolute atomic E-state index is 11.5. The molecule has 0 saturated heterocycles. The van der Waals surface area contributed by atoms with Gasteiger partial charge in [0.15, 0.2) is 6.73 Å². The topological polar surface area (TPSA) is 63.5 Å². The van der Waals surface area contributed by atoms with Crippen LogP contribution in [0.15, 0.2) is 41.0 Å². The summed E-state index contributed by atoms with van der Waals surface area (Å²) in [5.74, 6) is 1.44. The zero-order valence-corrected chi connectivity index (χ0v) is 11.6. The fraction of sp³-hybridized carbons (Fsp3) is 0.267. The minimum atomic E-state index is -0.301. The zero-order chi connectivity index (χ0) is 14.4. The first kappa shape index (κ1) is 14.0. The minimum absolute atomic E-state index is 0.118. The summed E-state index contributed by atoms with van der Waals surface area (Å²) in [5, 5.41) is 5.28. The van der Waals surface area contributed by atoms with Gasteiger partial charge in [-0.3, -0.25) is 0 Å². The van der Waals surface area contributed by atoms with Crippen molar-refractivity contribution in [2.24, 2.45) is 0 Å². The number of urea groups is 1. The molecule has 2 aromatic rings. The highest BCUT2D eigenvalue weighted by Gasteiger charge is 2.02. The van der Waals surface area contributed by atoms with E-state index in [1.807, 2.05) is 32.0 Å². The standard InChI is InChI=1S/C15H18N2O3/c1-11-5-6-13(8-12(11)2)20-10-17-15(18)16-9-14-4-3-7-19-14/h3-8H,9-10H2,1-2H3,(H2,16,17,18). The Morgan fingerprint density at radius 2 is 2.05 bits per heavy atom. The maximum atomic E-state index is 11.5. The van der Waals surface area contributed by atoms with Crippen LogP contribution in [0.25, 0.3) is 0 Å². The van der Waals surface area contributed by atoms with Crippen molar-refractivity contribution < 1.29 is 13.9 Å². The van der Waals surface area contributed by atoms with Crippen molar-refractivity contribution >= 4 is 6.03 Å². The lowest BCUT2D eigenvalue weighted by molar-refractivity contribution is 0.223. The Morgan fingerprint density at radius 1 is 1.20 bits per heavy atom. The van der Waals surface area contributed by atoms with Gasteiger partial charge in [0.1, 0.15) is 11.5 Å². The van der Waals surface area contributed by atoms with Crippen molar-refractivity contribution in [2.45, 2.75) is 20.4 Å². The van der Waals surface area contributed by atoms with Gasteiger partial charge in [0.05, 0.1) is 12.8 Å². The molecule has 5 heteroatoms. The quantitative estimate of drug-likeness (QED) is 0.824. The largest absolute Gasteiger partial charge is 0.473 e. The average molecular weight is 274 g/mol. The summed E-state index contributed by atoms with van der Waals surface area (Å²) >= 11 is 0. The first-order valence-corrected chi connectivity index (χ1v) is 6.39. The van der Waals surface area contributed by atoms with Gasteiger partial charge in [-0.15, -0.1) is 0 Å². The summed E-state index contributed by atoms with van der Waals surface area (Å²) in [6, 6.07) is 9.08. The molecule has 2 rings (SSSR count). The van der Waals surface area contributed by atoms with Crippen molar-refractivity contribution in [1.29, 1.82) is 0 Å². The molecule has 0 unspecified atom stereocenters. The summed E-state index contributed by atoms with van der Waals surface area (Å²) < 4.78 is 10.6. The molecule has 0 saturated carbocycles. The van der Waals surface area contributed by atoms with Gasteiger partial charge in [-0.2, -0.15) is 0 Å². The Kier molecular flexibility index (Phi) is 4.65. The second kappa shape index (κ2) is 6.65. The second-order valence-electron chi connectivity index (χ2n) is 4.47. The van der Waals surface area contributed by atoms with E-state index in [-0.39, 0.29) is 12.8 Å². The molecule has 1 aromatic heterocycles. The van der Waals surface area contributed by atoms with Gasteiger partial charge in [0.2, 0.25) is 0 Å². The summed E-state index contributed by atoms with van der Waals surface area (Å²) in [7, 11) is 0. The molecule has 1 aromatic carbocycles. The maximum Gasteiger partial charge on any atom is 0.317 e. The zero-order valence-electron chi connectivity index (χ0n) is 11.6. The Morgan fingerprint density at radius 3 is 2.75 bits per heavy atom. The van der Waals surface area contributed by atoms with E-state index in [1.165, 1.54) is 5.56 Å². The molecule has 2 amide bonds. The lowest BCUT2D eigenvalue weighted by Gasteiger charge is -2.10. The Bertz CT molecular complexity index is 565. The summed E-state index contributed by atoms with van der Waals surface area (Å²) in [4.78, 5) is 11.5. The van der Waals surface area contributed by atoms with E-state index in [2.05, 4.69) is 10.6 Å². The summed E-state index contributed by atoms with van der Waals surface area (Å²) in [6.07, 6.45) is 1.57. The van der Waals surface area contributed by atoms with Gasteiger partial charge in [-0.05, 0) is 49.2 Å². The molecule has 0 radical (unpaired) electrons. The molecule has 0 atom stereocenters. The average Bonchev–Trinajstić information content (AvgIpc) is 2.94. The Hall–Kier alpha value is -2.43. The third kappa shape index (κ3) is 4.05. The molecule has 1 heterocycles. The number of aryl methyl sites for hydroxylation is 2. The molecule has 0 aliphatic heterocycles.